The Hall–Kier alpha value is -3.76. The lowest BCUT2D eigenvalue weighted by Crippen LogP contribution is -2.33. The van der Waals surface area contributed by atoms with E-state index < -0.39 is 0 Å². The lowest BCUT2D eigenvalue weighted by atomic mass is 10.1. The van der Waals surface area contributed by atoms with Crippen LogP contribution < -0.4 is 0 Å². The van der Waals surface area contributed by atoms with Gasteiger partial charge < -0.3 is 4.90 Å². The summed E-state index contributed by atoms with van der Waals surface area (Å²) in [5.74, 6) is -0.167. The SMILES string of the molecule is Cc1ccc(-n2nc(-c3cccs3)cc2C(=O)N(CCC#N)Cc2cccnc2)c(C)c1. The average molecular weight is 442 g/mol. The highest BCUT2D eigenvalue weighted by Gasteiger charge is 2.24. The minimum absolute atomic E-state index is 0.167. The molecule has 32 heavy (non-hydrogen) atoms. The van der Waals surface area contributed by atoms with E-state index in [2.05, 4.69) is 17.1 Å². The van der Waals surface area contributed by atoms with E-state index in [1.807, 2.05) is 61.7 Å². The van der Waals surface area contributed by atoms with E-state index in [-0.39, 0.29) is 12.3 Å². The topological polar surface area (TPSA) is 74.8 Å². The van der Waals surface area contributed by atoms with E-state index in [1.165, 1.54) is 0 Å². The normalized spacial score (nSPS) is 10.7. The molecule has 0 atom stereocenters. The summed E-state index contributed by atoms with van der Waals surface area (Å²) in [7, 11) is 0. The molecule has 0 unspecified atom stereocenters. The summed E-state index contributed by atoms with van der Waals surface area (Å²) in [6, 6.07) is 17.8. The van der Waals surface area contributed by atoms with Crippen molar-refractivity contribution in [3.8, 4) is 22.3 Å². The minimum atomic E-state index is -0.167. The average Bonchev–Trinajstić information content (AvgIpc) is 3.47. The van der Waals surface area contributed by atoms with E-state index in [9.17, 15) is 4.79 Å². The zero-order chi connectivity index (χ0) is 22.5. The number of nitrogens with zero attached hydrogens (tertiary/aromatic N) is 5. The van der Waals surface area contributed by atoms with Crippen molar-refractivity contribution < 1.29 is 4.79 Å². The van der Waals surface area contributed by atoms with Crippen LogP contribution in [-0.2, 0) is 6.54 Å². The van der Waals surface area contributed by atoms with Crippen LogP contribution in [0.4, 0.5) is 0 Å². The first-order valence-corrected chi connectivity index (χ1v) is 11.2. The second-order valence-corrected chi connectivity index (χ2v) is 8.54. The smallest absolute Gasteiger partial charge is 0.272 e. The molecule has 1 amide bonds. The van der Waals surface area contributed by atoms with Crippen LogP contribution in [0.1, 0.15) is 33.6 Å². The summed E-state index contributed by atoms with van der Waals surface area (Å²) in [5, 5.41) is 15.9. The van der Waals surface area contributed by atoms with Gasteiger partial charge in [0.2, 0.25) is 0 Å². The molecule has 0 N–H and O–H groups in total. The highest BCUT2D eigenvalue weighted by molar-refractivity contribution is 7.13. The maximum absolute atomic E-state index is 13.7. The number of hydrogen-bond acceptors (Lipinski definition) is 5. The van der Waals surface area contributed by atoms with Crippen molar-refractivity contribution in [2.45, 2.75) is 26.8 Å². The zero-order valence-electron chi connectivity index (χ0n) is 18.0. The van der Waals surface area contributed by atoms with Gasteiger partial charge in [0, 0.05) is 25.5 Å². The van der Waals surface area contributed by atoms with Crippen LogP contribution in [0.15, 0.2) is 66.3 Å². The Labute approximate surface area is 191 Å². The predicted molar refractivity (Wildman–Crippen MR) is 126 cm³/mol. The van der Waals surface area contributed by atoms with Crippen molar-refractivity contribution >= 4 is 17.2 Å². The van der Waals surface area contributed by atoms with E-state index in [0.29, 0.717) is 18.8 Å². The third kappa shape index (κ3) is 4.61. The molecule has 7 heteroatoms. The van der Waals surface area contributed by atoms with Gasteiger partial charge in [-0.2, -0.15) is 10.4 Å². The number of carbonyl (C=O) groups excluding carboxylic acids is 1. The number of thiophene rings is 1. The van der Waals surface area contributed by atoms with Gasteiger partial charge in [0.15, 0.2) is 0 Å². The third-order valence-corrected chi connectivity index (χ3v) is 6.05. The summed E-state index contributed by atoms with van der Waals surface area (Å²) < 4.78 is 1.73. The van der Waals surface area contributed by atoms with Crippen molar-refractivity contribution in [3.63, 3.8) is 0 Å². The van der Waals surface area contributed by atoms with Crippen LogP contribution in [0.2, 0.25) is 0 Å². The Morgan fingerprint density at radius 1 is 1.19 bits per heavy atom. The Balaban J connectivity index is 1.78. The summed E-state index contributed by atoms with van der Waals surface area (Å²) in [4.78, 5) is 20.6. The molecule has 4 aromatic rings. The fourth-order valence-corrected chi connectivity index (χ4v) is 4.30. The molecule has 1 aromatic carbocycles. The van der Waals surface area contributed by atoms with Gasteiger partial charge in [0.25, 0.3) is 5.91 Å². The van der Waals surface area contributed by atoms with E-state index in [1.54, 1.807) is 33.3 Å². The number of hydrogen-bond donors (Lipinski definition) is 0. The Morgan fingerprint density at radius 3 is 2.75 bits per heavy atom. The maximum Gasteiger partial charge on any atom is 0.272 e. The molecule has 0 saturated carbocycles. The van der Waals surface area contributed by atoms with Crippen molar-refractivity contribution in [3.05, 3.63) is 88.7 Å². The standard InChI is InChI=1S/C25H23N5OS/c1-18-8-9-22(19(2)14-18)30-23(15-21(28-30)24-7-4-13-32-24)25(31)29(12-5-10-26)17-20-6-3-11-27-16-20/h3-4,6-9,11,13-16H,5,12,17H2,1-2H3. The van der Waals surface area contributed by atoms with Gasteiger partial charge in [-0.3, -0.25) is 9.78 Å². The van der Waals surface area contributed by atoms with Crippen molar-refractivity contribution in [2.24, 2.45) is 0 Å². The van der Waals surface area contributed by atoms with Crippen molar-refractivity contribution in [1.29, 1.82) is 5.26 Å². The molecule has 0 spiro atoms. The summed E-state index contributed by atoms with van der Waals surface area (Å²) in [6.07, 6.45) is 3.69. The quantitative estimate of drug-likeness (QED) is 0.397. The number of amides is 1. The molecule has 160 valence electrons. The van der Waals surface area contributed by atoms with Crippen molar-refractivity contribution in [1.82, 2.24) is 19.7 Å². The van der Waals surface area contributed by atoms with Crippen molar-refractivity contribution in [2.75, 3.05) is 6.54 Å². The molecule has 3 aromatic heterocycles. The number of benzene rings is 1. The summed E-state index contributed by atoms with van der Waals surface area (Å²) in [5.41, 5.74) is 5.19. The fourth-order valence-electron chi connectivity index (χ4n) is 3.62. The monoisotopic (exact) mass is 441 g/mol. The van der Waals surface area contributed by atoms with Gasteiger partial charge in [-0.25, -0.2) is 4.68 Å². The molecule has 0 aliphatic carbocycles. The largest absolute Gasteiger partial charge is 0.332 e. The van der Waals surface area contributed by atoms with Crippen LogP contribution in [0.25, 0.3) is 16.3 Å². The molecule has 0 aliphatic rings. The number of aromatic nitrogens is 3. The van der Waals surface area contributed by atoms with Gasteiger partial charge in [0.1, 0.15) is 11.4 Å². The molecule has 6 nitrogen and oxygen atoms in total. The Kier molecular flexibility index (Phi) is 6.43. The number of carbonyl (C=O) groups is 1. The molecule has 4 rings (SSSR count). The van der Waals surface area contributed by atoms with Gasteiger partial charge >= 0.3 is 0 Å². The zero-order valence-corrected chi connectivity index (χ0v) is 18.8. The number of pyridine rings is 1. The molecule has 0 bridgehead atoms. The second kappa shape index (κ2) is 9.58. The lowest BCUT2D eigenvalue weighted by molar-refractivity contribution is 0.0737. The van der Waals surface area contributed by atoms with Gasteiger partial charge in [-0.15, -0.1) is 11.3 Å². The lowest BCUT2D eigenvalue weighted by Gasteiger charge is -2.22. The van der Waals surface area contributed by atoms with Gasteiger partial charge in [-0.1, -0.05) is 29.8 Å². The van der Waals surface area contributed by atoms with Gasteiger partial charge in [0.05, 0.1) is 23.1 Å². The Morgan fingerprint density at radius 2 is 2.06 bits per heavy atom. The molecule has 0 saturated heterocycles. The highest BCUT2D eigenvalue weighted by atomic mass is 32.1. The second-order valence-electron chi connectivity index (χ2n) is 7.59. The summed E-state index contributed by atoms with van der Waals surface area (Å²) in [6.45, 7) is 4.77. The summed E-state index contributed by atoms with van der Waals surface area (Å²) >= 11 is 1.58. The van der Waals surface area contributed by atoms with Gasteiger partial charge in [-0.05, 0) is 54.6 Å². The predicted octanol–water partition coefficient (Wildman–Crippen LogP) is 5.17. The highest BCUT2D eigenvalue weighted by Crippen LogP contribution is 2.28. The molecular weight excluding hydrogens is 418 g/mol. The molecule has 0 fully saturated rings. The van der Waals surface area contributed by atoms with Crippen LogP contribution in [0.3, 0.4) is 0 Å². The first-order chi connectivity index (χ1) is 15.6. The minimum Gasteiger partial charge on any atom is -0.332 e. The van der Waals surface area contributed by atoms with Crippen LogP contribution >= 0.6 is 11.3 Å². The van der Waals surface area contributed by atoms with E-state index in [0.717, 1.165) is 32.9 Å². The third-order valence-electron chi connectivity index (χ3n) is 5.16. The maximum atomic E-state index is 13.7. The number of rotatable bonds is 7. The van der Waals surface area contributed by atoms with Crippen LogP contribution in [-0.4, -0.2) is 32.1 Å². The molecule has 0 aliphatic heterocycles. The number of nitriles is 1. The Bertz CT molecular complexity index is 1260. The fraction of sp³-hybridized carbons (Fsp3) is 0.200. The van der Waals surface area contributed by atoms with E-state index >= 15 is 0 Å². The molecule has 0 radical (unpaired) electrons. The van der Waals surface area contributed by atoms with Crippen LogP contribution in [0.5, 0.6) is 0 Å². The van der Waals surface area contributed by atoms with Crippen LogP contribution in [0, 0.1) is 25.2 Å². The number of aryl methyl sites for hydroxylation is 2. The van der Waals surface area contributed by atoms with E-state index in [4.69, 9.17) is 10.4 Å². The molecule has 3 heterocycles. The first-order valence-electron chi connectivity index (χ1n) is 10.3. The first kappa shape index (κ1) is 21.5. The molecular formula is C25H23N5OS.